The average molecular weight is 252 g/mol. The number of nitrogen functional groups attached to an aromatic ring is 1. The van der Waals surface area contributed by atoms with Crippen LogP contribution in [0.15, 0.2) is 54.6 Å². The highest BCUT2D eigenvalue weighted by Crippen LogP contribution is 2.26. The molecule has 0 saturated heterocycles. The van der Waals surface area contributed by atoms with E-state index < -0.39 is 5.97 Å². The Labute approximate surface area is 109 Å². The summed E-state index contributed by atoms with van der Waals surface area (Å²) in [5.41, 5.74) is 8.14. The fraction of sp³-hybridized carbons (Fsp3) is 0. The first-order valence-corrected chi connectivity index (χ1v) is 5.86. The molecule has 0 saturated carbocycles. The fourth-order valence-corrected chi connectivity index (χ4v) is 2.23. The zero-order valence-corrected chi connectivity index (χ0v) is 10.1. The van der Waals surface area contributed by atoms with E-state index in [-0.39, 0.29) is 5.56 Å². The van der Waals surface area contributed by atoms with Crippen molar-refractivity contribution in [3.63, 3.8) is 0 Å². The summed E-state index contributed by atoms with van der Waals surface area (Å²) >= 11 is 0. The highest BCUT2D eigenvalue weighted by atomic mass is 16.4. The molecule has 0 atom stereocenters. The molecule has 0 bridgehead atoms. The molecule has 19 heavy (non-hydrogen) atoms. The number of carbonyl (C=O) groups is 1. The number of carboxylic acid groups (broad SMARTS) is 1. The minimum absolute atomic E-state index is 0.262. The summed E-state index contributed by atoms with van der Waals surface area (Å²) in [4.78, 5) is 11.0. The minimum Gasteiger partial charge on any atom is -0.478 e. The van der Waals surface area contributed by atoms with E-state index in [1.54, 1.807) is 24.3 Å². The summed E-state index contributed by atoms with van der Waals surface area (Å²) in [7, 11) is 0. The van der Waals surface area contributed by atoms with Gasteiger partial charge in [0.1, 0.15) is 5.82 Å². The second kappa shape index (κ2) is 4.17. The first-order valence-electron chi connectivity index (χ1n) is 5.86. The molecular formula is C15H12N2O2. The third kappa shape index (κ3) is 1.83. The van der Waals surface area contributed by atoms with Crippen LogP contribution in [-0.4, -0.2) is 15.6 Å². The standard InChI is InChI=1S/C15H12N2O2/c16-14-9-11-8-10(15(18)19)6-7-13(11)17(14)12-4-2-1-3-5-12/h1-9H,16H2,(H,18,19). The van der Waals surface area contributed by atoms with Crippen LogP contribution in [0, 0.1) is 0 Å². The molecule has 3 aromatic rings. The van der Waals surface area contributed by atoms with Gasteiger partial charge in [-0.05, 0) is 36.4 Å². The van der Waals surface area contributed by atoms with E-state index in [0.29, 0.717) is 5.82 Å². The Morgan fingerprint density at radius 1 is 1.05 bits per heavy atom. The Hall–Kier alpha value is -2.75. The molecular weight excluding hydrogens is 240 g/mol. The van der Waals surface area contributed by atoms with Crippen molar-refractivity contribution in [3.05, 3.63) is 60.2 Å². The zero-order valence-electron chi connectivity index (χ0n) is 10.1. The van der Waals surface area contributed by atoms with Crippen molar-refractivity contribution in [2.24, 2.45) is 0 Å². The topological polar surface area (TPSA) is 68.2 Å². The maximum absolute atomic E-state index is 11.0. The molecule has 3 N–H and O–H groups in total. The second-order valence-corrected chi connectivity index (χ2v) is 4.32. The summed E-state index contributed by atoms with van der Waals surface area (Å²) in [5, 5.41) is 9.82. The first-order chi connectivity index (χ1) is 9.16. The van der Waals surface area contributed by atoms with Gasteiger partial charge in [0.2, 0.25) is 0 Å². The number of para-hydroxylation sites is 1. The largest absolute Gasteiger partial charge is 0.478 e. The Balaban J connectivity index is 2.27. The number of carboxylic acids is 1. The molecule has 2 aromatic carbocycles. The van der Waals surface area contributed by atoms with Crippen LogP contribution >= 0.6 is 0 Å². The van der Waals surface area contributed by atoms with Crippen molar-refractivity contribution in [3.8, 4) is 5.69 Å². The van der Waals surface area contributed by atoms with Crippen molar-refractivity contribution >= 4 is 22.7 Å². The number of fused-ring (bicyclic) bond motifs is 1. The molecule has 4 nitrogen and oxygen atoms in total. The molecule has 0 aliphatic heterocycles. The molecule has 94 valence electrons. The van der Waals surface area contributed by atoms with E-state index in [9.17, 15) is 4.79 Å². The van der Waals surface area contributed by atoms with Crippen molar-refractivity contribution < 1.29 is 9.90 Å². The lowest BCUT2D eigenvalue weighted by molar-refractivity contribution is 0.0697. The van der Waals surface area contributed by atoms with Crippen molar-refractivity contribution in [2.75, 3.05) is 5.73 Å². The van der Waals surface area contributed by atoms with E-state index in [0.717, 1.165) is 16.6 Å². The van der Waals surface area contributed by atoms with Crippen LogP contribution in [0.1, 0.15) is 10.4 Å². The third-order valence-electron chi connectivity index (χ3n) is 3.09. The van der Waals surface area contributed by atoms with Crippen LogP contribution in [0.4, 0.5) is 5.82 Å². The number of hydrogen-bond acceptors (Lipinski definition) is 2. The van der Waals surface area contributed by atoms with Crippen LogP contribution in [0.2, 0.25) is 0 Å². The molecule has 1 heterocycles. The van der Waals surface area contributed by atoms with Gasteiger partial charge in [0.25, 0.3) is 0 Å². The predicted octanol–water partition coefficient (Wildman–Crippen LogP) is 2.91. The predicted molar refractivity (Wildman–Crippen MR) is 74.6 cm³/mol. The normalized spacial score (nSPS) is 10.7. The van der Waals surface area contributed by atoms with Gasteiger partial charge in [-0.1, -0.05) is 18.2 Å². The highest BCUT2D eigenvalue weighted by Gasteiger charge is 2.10. The molecule has 3 rings (SSSR count). The summed E-state index contributed by atoms with van der Waals surface area (Å²) in [6, 6.07) is 16.5. The molecule has 0 aliphatic carbocycles. The van der Waals surface area contributed by atoms with Crippen LogP contribution < -0.4 is 5.73 Å². The van der Waals surface area contributed by atoms with Crippen LogP contribution in [0.3, 0.4) is 0 Å². The Bertz CT molecular complexity index is 760. The van der Waals surface area contributed by atoms with Crippen LogP contribution in [-0.2, 0) is 0 Å². The molecule has 4 heteroatoms. The maximum atomic E-state index is 11.0. The quantitative estimate of drug-likeness (QED) is 0.736. The lowest BCUT2D eigenvalue weighted by atomic mass is 10.1. The molecule has 1 aromatic heterocycles. The number of nitrogens with zero attached hydrogens (tertiary/aromatic N) is 1. The number of benzene rings is 2. The molecule has 0 spiro atoms. The number of anilines is 1. The molecule has 0 fully saturated rings. The fourth-order valence-electron chi connectivity index (χ4n) is 2.23. The Morgan fingerprint density at radius 3 is 2.47 bits per heavy atom. The van der Waals surface area contributed by atoms with E-state index in [4.69, 9.17) is 10.8 Å². The first kappa shape index (κ1) is 11.3. The van der Waals surface area contributed by atoms with Gasteiger partial charge in [0, 0.05) is 11.1 Å². The summed E-state index contributed by atoms with van der Waals surface area (Å²) in [6.07, 6.45) is 0. The number of rotatable bonds is 2. The van der Waals surface area contributed by atoms with Crippen molar-refractivity contribution in [1.29, 1.82) is 0 Å². The number of nitrogens with two attached hydrogens (primary N) is 1. The number of hydrogen-bond donors (Lipinski definition) is 2. The molecule has 0 unspecified atom stereocenters. The second-order valence-electron chi connectivity index (χ2n) is 4.32. The number of aromatic carboxylic acids is 1. The van der Waals surface area contributed by atoms with E-state index in [1.807, 2.05) is 34.9 Å². The van der Waals surface area contributed by atoms with Gasteiger partial charge in [0.15, 0.2) is 0 Å². The van der Waals surface area contributed by atoms with Crippen molar-refractivity contribution in [2.45, 2.75) is 0 Å². The molecule has 0 radical (unpaired) electrons. The molecule has 0 amide bonds. The third-order valence-corrected chi connectivity index (χ3v) is 3.09. The van der Waals surface area contributed by atoms with Crippen LogP contribution in [0.25, 0.3) is 16.6 Å². The lowest BCUT2D eigenvalue weighted by Gasteiger charge is -2.07. The molecule has 0 aliphatic rings. The van der Waals surface area contributed by atoms with Gasteiger partial charge in [-0.25, -0.2) is 4.79 Å². The minimum atomic E-state index is -0.937. The summed E-state index contributed by atoms with van der Waals surface area (Å²) < 4.78 is 1.90. The van der Waals surface area contributed by atoms with Gasteiger partial charge >= 0.3 is 5.97 Å². The van der Waals surface area contributed by atoms with Gasteiger partial charge in [-0.3, -0.25) is 4.57 Å². The lowest BCUT2D eigenvalue weighted by Crippen LogP contribution is -1.99. The van der Waals surface area contributed by atoms with Crippen LogP contribution in [0.5, 0.6) is 0 Å². The smallest absolute Gasteiger partial charge is 0.335 e. The summed E-state index contributed by atoms with van der Waals surface area (Å²) in [6.45, 7) is 0. The van der Waals surface area contributed by atoms with Crippen molar-refractivity contribution in [1.82, 2.24) is 4.57 Å². The van der Waals surface area contributed by atoms with Gasteiger partial charge in [-0.15, -0.1) is 0 Å². The zero-order chi connectivity index (χ0) is 13.4. The van der Waals surface area contributed by atoms with Gasteiger partial charge in [-0.2, -0.15) is 0 Å². The maximum Gasteiger partial charge on any atom is 0.335 e. The Morgan fingerprint density at radius 2 is 1.79 bits per heavy atom. The van der Waals surface area contributed by atoms with E-state index in [2.05, 4.69) is 0 Å². The number of aromatic nitrogens is 1. The van der Waals surface area contributed by atoms with E-state index >= 15 is 0 Å². The monoisotopic (exact) mass is 252 g/mol. The highest BCUT2D eigenvalue weighted by molar-refractivity contribution is 5.95. The SMILES string of the molecule is Nc1cc2cc(C(=O)O)ccc2n1-c1ccccc1. The average Bonchev–Trinajstić information content (AvgIpc) is 2.74. The van der Waals surface area contributed by atoms with Gasteiger partial charge < -0.3 is 10.8 Å². The van der Waals surface area contributed by atoms with Gasteiger partial charge in [0.05, 0.1) is 11.1 Å². The van der Waals surface area contributed by atoms with E-state index in [1.165, 1.54) is 0 Å². The summed E-state index contributed by atoms with van der Waals surface area (Å²) in [5.74, 6) is -0.350. The Kier molecular flexibility index (Phi) is 2.49.